The Balaban J connectivity index is 1.51. The summed E-state index contributed by atoms with van der Waals surface area (Å²) < 4.78 is 16.6. The van der Waals surface area contributed by atoms with Gasteiger partial charge >= 0.3 is 0 Å². The van der Waals surface area contributed by atoms with Gasteiger partial charge in [-0.05, 0) is 44.9 Å². The summed E-state index contributed by atoms with van der Waals surface area (Å²) in [6.07, 6.45) is -5.59. The van der Waals surface area contributed by atoms with Crippen LogP contribution in [0.5, 0.6) is 11.5 Å². The molecule has 2 aromatic carbocycles. The Bertz CT molecular complexity index is 1970. The van der Waals surface area contributed by atoms with Gasteiger partial charge in [-0.2, -0.15) is 0 Å². The van der Waals surface area contributed by atoms with Crippen LogP contribution in [0.4, 0.5) is 0 Å². The summed E-state index contributed by atoms with van der Waals surface area (Å²) in [5.41, 5.74) is -9.92. The number of rotatable bonds is 7. The van der Waals surface area contributed by atoms with E-state index in [2.05, 4.69) is 10.6 Å². The maximum atomic E-state index is 14.7. The molecule has 52 heavy (non-hydrogen) atoms. The number of ketones is 4. The van der Waals surface area contributed by atoms with Crippen LogP contribution in [-0.2, 0) is 26.2 Å². The van der Waals surface area contributed by atoms with Crippen LogP contribution in [0.15, 0.2) is 23.9 Å². The van der Waals surface area contributed by atoms with Crippen molar-refractivity contribution in [3.05, 3.63) is 68.4 Å². The molecule has 0 spiro atoms. The minimum absolute atomic E-state index is 0.0178. The Hall–Kier alpha value is -4.55. The number of phenols is 2. The molecule has 0 saturated carbocycles. The number of methoxy groups -OCH3 is 2. The van der Waals surface area contributed by atoms with Crippen LogP contribution < -0.4 is 10.6 Å². The van der Waals surface area contributed by atoms with E-state index in [1.54, 1.807) is 20.8 Å². The molecule has 2 aromatic rings. The second-order valence-electron chi connectivity index (χ2n) is 13.9. The number of aliphatic hydroxyl groups is 4. The molecule has 0 bridgehead atoms. The Morgan fingerprint density at radius 2 is 1.71 bits per heavy atom. The second kappa shape index (κ2) is 12.8. The number of benzene rings is 2. The lowest BCUT2D eigenvalue weighted by Gasteiger charge is -2.53. The minimum atomic E-state index is -3.22. The van der Waals surface area contributed by atoms with Crippen LogP contribution in [-0.4, -0.2) is 123 Å². The van der Waals surface area contributed by atoms with E-state index in [0.29, 0.717) is 0 Å². The zero-order chi connectivity index (χ0) is 38.4. The van der Waals surface area contributed by atoms with Gasteiger partial charge in [-0.25, -0.2) is 0 Å². The van der Waals surface area contributed by atoms with Crippen molar-refractivity contribution in [2.75, 3.05) is 20.8 Å². The Morgan fingerprint density at radius 1 is 1.04 bits per heavy atom. The third kappa shape index (κ3) is 4.89. The van der Waals surface area contributed by atoms with E-state index in [4.69, 9.17) is 14.2 Å². The number of nitrogens with one attached hydrogen (secondary N) is 2. The first-order chi connectivity index (χ1) is 24.4. The Kier molecular flexibility index (Phi) is 9.19. The van der Waals surface area contributed by atoms with Crippen LogP contribution >= 0.6 is 0 Å². The van der Waals surface area contributed by atoms with Crippen LogP contribution in [0, 0.1) is 12.8 Å². The summed E-state index contributed by atoms with van der Waals surface area (Å²) in [6, 6.07) is 1.85. The maximum absolute atomic E-state index is 14.7. The lowest BCUT2D eigenvalue weighted by Crippen LogP contribution is -2.73. The van der Waals surface area contributed by atoms with Crippen molar-refractivity contribution in [2.45, 2.75) is 82.0 Å². The molecule has 278 valence electrons. The highest BCUT2D eigenvalue weighted by Crippen LogP contribution is 2.56. The molecule has 4 aliphatic rings. The van der Waals surface area contributed by atoms with Crippen LogP contribution in [0.2, 0.25) is 0 Å². The highest BCUT2D eigenvalue weighted by Gasteiger charge is 2.72. The monoisotopic (exact) mass is 724 g/mol. The molecular formula is C36H40N2O14. The van der Waals surface area contributed by atoms with Crippen LogP contribution in [0.1, 0.15) is 89.3 Å². The number of carbonyl (C=O) groups is 5. The molecule has 8 N–H and O–H groups in total. The molecule has 16 heteroatoms. The van der Waals surface area contributed by atoms with Gasteiger partial charge in [0.25, 0.3) is 5.91 Å². The molecule has 0 radical (unpaired) electrons. The fraction of sp³-hybridized carbons (Fsp3) is 0.472. The lowest BCUT2D eigenvalue weighted by molar-refractivity contribution is -0.214. The number of aryl methyl sites for hydroxylation is 1. The van der Waals surface area contributed by atoms with Gasteiger partial charge < -0.3 is 55.5 Å². The fourth-order valence-corrected chi connectivity index (χ4v) is 8.16. The number of hydrogen-bond donors (Lipinski definition) is 8. The van der Waals surface area contributed by atoms with E-state index >= 15 is 0 Å². The number of aliphatic hydroxyl groups excluding tert-OH is 3. The number of ether oxygens (including phenoxy) is 3. The molecule has 8 atom stereocenters. The largest absolute Gasteiger partial charge is 0.507 e. The number of fused-ring (bicyclic) bond motifs is 5. The van der Waals surface area contributed by atoms with Crippen molar-refractivity contribution in [3.8, 4) is 11.5 Å². The molecular weight excluding hydrogens is 684 g/mol. The van der Waals surface area contributed by atoms with Gasteiger partial charge in [-0.3, -0.25) is 24.0 Å². The van der Waals surface area contributed by atoms with E-state index in [0.717, 1.165) is 19.3 Å². The smallest absolute Gasteiger partial charge is 0.255 e. The predicted molar refractivity (Wildman–Crippen MR) is 177 cm³/mol. The molecule has 1 fully saturated rings. The van der Waals surface area contributed by atoms with Crippen molar-refractivity contribution in [1.29, 1.82) is 0 Å². The third-order valence-electron chi connectivity index (χ3n) is 10.5. The Labute approximate surface area is 297 Å². The summed E-state index contributed by atoms with van der Waals surface area (Å²) in [6.45, 7) is 5.83. The quantitative estimate of drug-likeness (QED) is 0.182. The molecule has 6 rings (SSSR count). The summed E-state index contributed by atoms with van der Waals surface area (Å²) in [5, 5.41) is 73.4. The number of carbonyl (C=O) groups excluding carboxylic acids is 5. The van der Waals surface area contributed by atoms with E-state index in [-0.39, 0.29) is 22.7 Å². The average Bonchev–Trinajstić information content (AvgIpc) is 3.05. The molecule has 1 heterocycles. The summed E-state index contributed by atoms with van der Waals surface area (Å²) >= 11 is 0. The zero-order valence-corrected chi connectivity index (χ0v) is 29.1. The van der Waals surface area contributed by atoms with Gasteiger partial charge in [0.05, 0.1) is 53.2 Å². The van der Waals surface area contributed by atoms with Gasteiger partial charge in [0, 0.05) is 49.4 Å². The maximum Gasteiger partial charge on any atom is 0.255 e. The van der Waals surface area contributed by atoms with Crippen molar-refractivity contribution >= 4 is 29.0 Å². The predicted octanol–water partition coefficient (Wildman–Crippen LogP) is -0.305. The standard InChI is InChI=1S/C36H40N2O14/c1-12(2)37-33(48)22-13(3)7-15-8-21(41)36(51-6)32(47)24-17(31(46)35(36,49)25(15)29(22)45)9-16-23(28(24)44)20(40)10-19(26(16)42)38-34-18(11-39)27(43)30(50-5)14(4)52-34/h7,9-10,12,14,18,21,27,30,34,38-39,41,43-45,49H,8,11H2,1-6H3,(H,37,48)/t14-,18+,21+,27-,30-,34?,35-,36+/m0/s1. The van der Waals surface area contributed by atoms with Crippen LogP contribution in [0.25, 0.3) is 0 Å². The third-order valence-corrected chi connectivity index (χ3v) is 10.5. The number of aromatic hydroxyl groups is 2. The van der Waals surface area contributed by atoms with Crippen molar-refractivity contribution in [1.82, 2.24) is 10.6 Å². The molecule has 1 saturated heterocycles. The first-order valence-corrected chi connectivity index (χ1v) is 16.6. The normalized spacial score (nSPS) is 31.0. The number of amides is 1. The van der Waals surface area contributed by atoms with Crippen LogP contribution in [0.3, 0.4) is 0 Å². The lowest BCUT2D eigenvalue weighted by atomic mass is 9.56. The van der Waals surface area contributed by atoms with E-state index in [1.165, 1.54) is 20.1 Å². The average molecular weight is 725 g/mol. The molecule has 0 aromatic heterocycles. The van der Waals surface area contributed by atoms with Gasteiger partial charge in [0.1, 0.15) is 23.8 Å². The summed E-state index contributed by atoms with van der Waals surface area (Å²) in [7, 11) is 2.28. The van der Waals surface area contributed by atoms with E-state index in [1.807, 2.05) is 0 Å². The molecule has 1 amide bonds. The second-order valence-corrected chi connectivity index (χ2v) is 13.9. The number of phenolic OH excluding ortho intramolecular Hbond substituents is 2. The fourth-order valence-electron chi connectivity index (χ4n) is 8.16. The van der Waals surface area contributed by atoms with E-state index < -0.39 is 135 Å². The topological polar surface area (TPSA) is 258 Å². The minimum Gasteiger partial charge on any atom is -0.507 e. The van der Waals surface area contributed by atoms with Crippen molar-refractivity contribution < 1.29 is 68.8 Å². The highest BCUT2D eigenvalue weighted by atomic mass is 16.6. The molecule has 3 aliphatic carbocycles. The summed E-state index contributed by atoms with van der Waals surface area (Å²) in [5.74, 6) is -8.38. The zero-order valence-electron chi connectivity index (χ0n) is 29.1. The molecule has 16 nitrogen and oxygen atoms in total. The molecule has 1 unspecified atom stereocenters. The van der Waals surface area contributed by atoms with Gasteiger partial charge in [0.15, 0.2) is 17.0 Å². The van der Waals surface area contributed by atoms with E-state index in [9.17, 15) is 54.6 Å². The van der Waals surface area contributed by atoms with Gasteiger partial charge in [-0.15, -0.1) is 0 Å². The number of Topliss-reactive ketones (excluding diaryl/α,β-unsaturated/α-hetero) is 3. The highest BCUT2D eigenvalue weighted by molar-refractivity contribution is 6.31. The number of hydrogen-bond acceptors (Lipinski definition) is 15. The van der Waals surface area contributed by atoms with Crippen molar-refractivity contribution in [2.24, 2.45) is 5.92 Å². The first kappa shape index (κ1) is 37.2. The SMILES string of the molecule is CO[C@@H]1[C@@H](O)[C@@H](CO)C(NC2=CC(=O)c3c(cc4c(c3O)C(=O)[C@]3(OC)[C@H](O)Cc5cc(C)c(C(=O)NC(C)C)c(O)c5[C@]3(O)C4=O)C2=O)O[C@H]1C. The molecule has 1 aliphatic heterocycles. The Morgan fingerprint density at radius 3 is 2.31 bits per heavy atom. The van der Waals surface area contributed by atoms with Gasteiger partial charge in [0.2, 0.25) is 17.3 Å². The first-order valence-electron chi connectivity index (χ1n) is 16.6. The summed E-state index contributed by atoms with van der Waals surface area (Å²) in [4.78, 5) is 69.9. The number of allylic oxidation sites excluding steroid dienone is 2. The van der Waals surface area contributed by atoms with Gasteiger partial charge in [-0.1, -0.05) is 6.07 Å². The van der Waals surface area contributed by atoms with Crippen molar-refractivity contribution in [3.63, 3.8) is 0 Å².